The van der Waals surface area contributed by atoms with Crippen molar-refractivity contribution in [1.82, 2.24) is 5.32 Å². The van der Waals surface area contributed by atoms with Crippen LogP contribution in [0.5, 0.6) is 0 Å². The van der Waals surface area contributed by atoms with Gasteiger partial charge in [-0.25, -0.2) is 0 Å². The molecule has 0 bridgehead atoms. The van der Waals surface area contributed by atoms with E-state index in [1.165, 1.54) is 0 Å². The third kappa shape index (κ3) is 5.62. The fraction of sp³-hybridized carbons (Fsp3) is 0.500. The summed E-state index contributed by atoms with van der Waals surface area (Å²) in [5, 5.41) is 3.01. The lowest BCUT2D eigenvalue weighted by atomic mass is 10.0. The fourth-order valence-corrected chi connectivity index (χ4v) is 2.01. The van der Waals surface area contributed by atoms with E-state index in [4.69, 9.17) is 4.74 Å². The Morgan fingerprint density at radius 2 is 1.71 bits per heavy atom. The number of benzene rings is 1. The van der Waals surface area contributed by atoms with Gasteiger partial charge in [0.2, 0.25) is 0 Å². The molecule has 0 heterocycles. The van der Waals surface area contributed by atoms with E-state index < -0.39 is 0 Å². The van der Waals surface area contributed by atoms with Crippen LogP contribution in [0.2, 0.25) is 0 Å². The quantitative estimate of drug-likeness (QED) is 0.830. The van der Waals surface area contributed by atoms with E-state index >= 15 is 0 Å². The summed E-state index contributed by atoms with van der Waals surface area (Å²) in [4.78, 5) is 12.3. The van der Waals surface area contributed by atoms with Gasteiger partial charge in [-0.3, -0.25) is 4.79 Å². The summed E-state index contributed by atoms with van der Waals surface area (Å²) in [6.45, 7) is 16.0. The van der Waals surface area contributed by atoms with Crippen molar-refractivity contribution in [3.8, 4) is 0 Å². The molecule has 21 heavy (non-hydrogen) atoms. The Bertz CT molecular complexity index is 495. The first-order valence-corrected chi connectivity index (χ1v) is 7.35. The van der Waals surface area contributed by atoms with Crippen LogP contribution in [0.4, 0.5) is 0 Å². The molecule has 0 aliphatic rings. The molecule has 3 heteroatoms. The van der Waals surface area contributed by atoms with Crippen LogP contribution in [0.15, 0.2) is 36.6 Å². The number of ether oxygens (including phenoxy) is 1. The predicted molar refractivity (Wildman–Crippen MR) is 87.2 cm³/mol. The van der Waals surface area contributed by atoms with E-state index in [9.17, 15) is 4.79 Å². The maximum absolute atomic E-state index is 12.3. The molecule has 1 rings (SSSR count). The van der Waals surface area contributed by atoms with Crippen molar-refractivity contribution in [2.24, 2.45) is 5.92 Å². The molecule has 0 saturated heterocycles. The van der Waals surface area contributed by atoms with Gasteiger partial charge in [0.05, 0.1) is 6.04 Å². The van der Waals surface area contributed by atoms with Gasteiger partial charge in [0.1, 0.15) is 11.4 Å². The minimum Gasteiger partial charge on any atom is -0.491 e. The number of hydrogen-bond acceptors (Lipinski definition) is 2. The Morgan fingerprint density at radius 1 is 1.19 bits per heavy atom. The zero-order chi connectivity index (χ0) is 16.2. The van der Waals surface area contributed by atoms with Crippen molar-refractivity contribution >= 4 is 5.91 Å². The lowest BCUT2D eigenvalue weighted by Crippen LogP contribution is -2.41. The molecule has 1 aromatic carbocycles. The number of amides is 1. The van der Waals surface area contributed by atoms with Crippen LogP contribution in [0.25, 0.3) is 0 Å². The van der Waals surface area contributed by atoms with Crippen LogP contribution in [0.1, 0.15) is 50.5 Å². The summed E-state index contributed by atoms with van der Waals surface area (Å²) in [5.74, 6) is 0.694. The Labute approximate surface area is 128 Å². The summed E-state index contributed by atoms with van der Waals surface area (Å²) in [7, 11) is 0. The van der Waals surface area contributed by atoms with Crippen LogP contribution in [-0.2, 0) is 4.74 Å². The summed E-state index contributed by atoms with van der Waals surface area (Å²) in [6, 6.07) is 7.31. The second kappa shape index (κ2) is 6.79. The van der Waals surface area contributed by atoms with Gasteiger partial charge < -0.3 is 10.1 Å². The number of rotatable bonds is 5. The predicted octanol–water partition coefficient (Wildman–Crippen LogP) is 4.08. The first-order chi connectivity index (χ1) is 9.60. The van der Waals surface area contributed by atoms with Crippen molar-refractivity contribution in [2.45, 2.75) is 53.2 Å². The van der Waals surface area contributed by atoms with Crippen molar-refractivity contribution in [3.05, 3.63) is 47.7 Å². The molecule has 3 nitrogen and oxygen atoms in total. The van der Waals surface area contributed by atoms with Gasteiger partial charge in [-0.15, -0.1) is 0 Å². The number of aryl methyl sites for hydroxylation is 1. The van der Waals surface area contributed by atoms with Crippen LogP contribution in [0, 0.1) is 12.8 Å². The molecule has 1 amide bonds. The Morgan fingerprint density at radius 3 is 2.14 bits per heavy atom. The van der Waals surface area contributed by atoms with Gasteiger partial charge in [-0.05, 0) is 45.7 Å². The topological polar surface area (TPSA) is 38.3 Å². The standard InChI is InChI=1S/C18H27NO2/c1-12(2)16(14(4)21-18(5,6)7)19-17(20)15-10-8-13(3)9-11-15/h8-12,16H,4H2,1-3,5-7H3,(H,19,20). The summed E-state index contributed by atoms with van der Waals surface area (Å²) < 4.78 is 5.81. The van der Waals surface area contributed by atoms with E-state index in [1.807, 2.05) is 65.8 Å². The second-order valence-electron chi connectivity index (χ2n) is 6.74. The largest absolute Gasteiger partial charge is 0.491 e. The number of hydrogen-bond donors (Lipinski definition) is 1. The van der Waals surface area contributed by atoms with E-state index in [0.29, 0.717) is 11.3 Å². The van der Waals surface area contributed by atoms with Gasteiger partial charge in [0, 0.05) is 5.56 Å². The maximum atomic E-state index is 12.3. The molecule has 0 spiro atoms. The zero-order valence-electron chi connectivity index (χ0n) is 14.0. The highest BCUT2D eigenvalue weighted by Crippen LogP contribution is 2.19. The molecule has 1 N–H and O–H groups in total. The van der Waals surface area contributed by atoms with Crippen LogP contribution in [0.3, 0.4) is 0 Å². The molecule has 1 unspecified atom stereocenters. The highest BCUT2D eigenvalue weighted by atomic mass is 16.5. The molecule has 1 atom stereocenters. The molecular formula is C18H27NO2. The number of carbonyl (C=O) groups is 1. The molecule has 0 radical (unpaired) electrons. The average Bonchev–Trinajstić information content (AvgIpc) is 2.33. The third-order valence-corrected chi connectivity index (χ3v) is 3.05. The highest BCUT2D eigenvalue weighted by molar-refractivity contribution is 5.94. The lowest BCUT2D eigenvalue weighted by molar-refractivity contribution is 0.0344. The molecule has 0 fully saturated rings. The molecule has 0 saturated carbocycles. The molecule has 0 aromatic heterocycles. The van der Waals surface area contributed by atoms with E-state index in [1.54, 1.807) is 0 Å². The van der Waals surface area contributed by atoms with Crippen LogP contribution in [-0.4, -0.2) is 17.6 Å². The summed E-state index contributed by atoms with van der Waals surface area (Å²) >= 11 is 0. The van der Waals surface area contributed by atoms with E-state index in [2.05, 4.69) is 11.9 Å². The van der Waals surface area contributed by atoms with Gasteiger partial charge in [0.25, 0.3) is 5.91 Å². The van der Waals surface area contributed by atoms with Crippen molar-refractivity contribution in [1.29, 1.82) is 0 Å². The minimum atomic E-state index is -0.321. The Kier molecular flexibility index (Phi) is 5.59. The molecular weight excluding hydrogens is 262 g/mol. The number of nitrogens with one attached hydrogen (secondary N) is 1. The smallest absolute Gasteiger partial charge is 0.251 e. The first kappa shape index (κ1) is 17.3. The number of carbonyl (C=O) groups excluding carboxylic acids is 1. The summed E-state index contributed by atoms with van der Waals surface area (Å²) in [6.07, 6.45) is 0. The molecule has 0 aliphatic heterocycles. The molecule has 1 aromatic rings. The fourth-order valence-electron chi connectivity index (χ4n) is 2.01. The van der Waals surface area contributed by atoms with E-state index in [-0.39, 0.29) is 23.5 Å². The summed E-state index contributed by atoms with van der Waals surface area (Å²) in [5.41, 5.74) is 1.46. The SMILES string of the molecule is C=C(OC(C)(C)C)C(NC(=O)c1ccc(C)cc1)C(C)C. The van der Waals surface area contributed by atoms with E-state index in [0.717, 1.165) is 5.56 Å². The second-order valence-corrected chi connectivity index (χ2v) is 6.74. The minimum absolute atomic E-state index is 0.104. The third-order valence-electron chi connectivity index (χ3n) is 3.05. The Hall–Kier alpha value is -1.77. The van der Waals surface area contributed by atoms with Crippen molar-refractivity contribution < 1.29 is 9.53 Å². The normalized spacial score (nSPS) is 12.9. The van der Waals surface area contributed by atoms with Crippen LogP contribution < -0.4 is 5.32 Å². The van der Waals surface area contributed by atoms with Gasteiger partial charge >= 0.3 is 0 Å². The van der Waals surface area contributed by atoms with Gasteiger partial charge in [-0.1, -0.05) is 38.1 Å². The average molecular weight is 289 g/mol. The highest BCUT2D eigenvalue weighted by Gasteiger charge is 2.24. The van der Waals surface area contributed by atoms with Gasteiger partial charge in [-0.2, -0.15) is 0 Å². The first-order valence-electron chi connectivity index (χ1n) is 7.35. The van der Waals surface area contributed by atoms with Gasteiger partial charge in [0.15, 0.2) is 0 Å². The Balaban J connectivity index is 2.81. The monoisotopic (exact) mass is 289 g/mol. The van der Waals surface area contributed by atoms with Crippen LogP contribution >= 0.6 is 0 Å². The van der Waals surface area contributed by atoms with Crippen molar-refractivity contribution in [2.75, 3.05) is 0 Å². The van der Waals surface area contributed by atoms with Crippen molar-refractivity contribution in [3.63, 3.8) is 0 Å². The molecule has 116 valence electrons. The molecule has 0 aliphatic carbocycles. The lowest BCUT2D eigenvalue weighted by Gasteiger charge is -2.30. The zero-order valence-corrected chi connectivity index (χ0v) is 14.0. The maximum Gasteiger partial charge on any atom is 0.251 e.